The standard InChI is InChI=1S/C21H25N7O2/c1-14-11-17(25-15-5-4-6-16(12-15)30-21(29)22-2)19-20(24-14)26-18(13-23-19)28-9-7-27(3)8-10-28/h4-6,11-13H,7-10H2,1-3H3,(H,22,29)(H,24,25,26). The summed E-state index contributed by atoms with van der Waals surface area (Å²) in [4.78, 5) is 30.0. The van der Waals surface area contributed by atoms with Crippen molar-refractivity contribution >= 4 is 34.4 Å². The first-order valence-corrected chi connectivity index (χ1v) is 9.86. The quantitative estimate of drug-likeness (QED) is 0.681. The fraction of sp³-hybridized carbons (Fsp3) is 0.333. The van der Waals surface area contributed by atoms with E-state index < -0.39 is 6.09 Å². The Hall–Kier alpha value is -3.46. The van der Waals surface area contributed by atoms with Gasteiger partial charge in [0, 0.05) is 50.7 Å². The number of rotatable bonds is 4. The van der Waals surface area contributed by atoms with Gasteiger partial charge in [0.1, 0.15) is 17.1 Å². The minimum Gasteiger partial charge on any atom is -0.410 e. The zero-order chi connectivity index (χ0) is 21.1. The summed E-state index contributed by atoms with van der Waals surface area (Å²) in [7, 11) is 3.65. The summed E-state index contributed by atoms with van der Waals surface area (Å²) in [6, 6.07) is 9.11. The van der Waals surface area contributed by atoms with Crippen molar-refractivity contribution in [2.24, 2.45) is 0 Å². The van der Waals surface area contributed by atoms with Gasteiger partial charge in [0.2, 0.25) is 0 Å². The highest BCUT2D eigenvalue weighted by Crippen LogP contribution is 2.27. The Morgan fingerprint density at radius 3 is 2.70 bits per heavy atom. The number of benzene rings is 1. The van der Waals surface area contributed by atoms with Crippen LogP contribution in [0, 0.1) is 6.92 Å². The highest BCUT2D eigenvalue weighted by Gasteiger charge is 2.17. The molecule has 1 aliphatic heterocycles. The van der Waals surface area contributed by atoms with Crippen molar-refractivity contribution in [3.8, 4) is 5.75 Å². The highest BCUT2D eigenvalue weighted by atomic mass is 16.5. The third-order valence-corrected chi connectivity index (χ3v) is 4.99. The smallest absolute Gasteiger partial charge is 0.410 e. The minimum absolute atomic E-state index is 0.442. The van der Waals surface area contributed by atoms with E-state index in [1.54, 1.807) is 18.3 Å². The van der Waals surface area contributed by atoms with Gasteiger partial charge in [-0.3, -0.25) is 0 Å². The second-order valence-corrected chi connectivity index (χ2v) is 7.29. The first-order valence-electron chi connectivity index (χ1n) is 9.86. The first-order chi connectivity index (χ1) is 14.5. The van der Waals surface area contributed by atoms with Crippen molar-refractivity contribution in [2.45, 2.75) is 6.92 Å². The Morgan fingerprint density at radius 1 is 1.13 bits per heavy atom. The molecule has 0 atom stereocenters. The largest absolute Gasteiger partial charge is 0.412 e. The number of amides is 1. The Balaban J connectivity index is 1.61. The summed E-state index contributed by atoms with van der Waals surface area (Å²) in [6.45, 7) is 5.78. The zero-order valence-corrected chi connectivity index (χ0v) is 17.3. The monoisotopic (exact) mass is 407 g/mol. The van der Waals surface area contributed by atoms with E-state index in [0.717, 1.165) is 49.1 Å². The average molecular weight is 407 g/mol. The van der Waals surface area contributed by atoms with E-state index in [2.05, 4.69) is 37.4 Å². The van der Waals surface area contributed by atoms with Gasteiger partial charge < -0.3 is 25.2 Å². The summed E-state index contributed by atoms with van der Waals surface area (Å²) < 4.78 is 5.20. The van der Waals surface area contributed by atoms with E-state index in [4.69, 9.17) is 9.72 Å². The van der Waals surface area contributed by atoms with E-state index in [0.29, 0.717) is 16.9 Å². The Bertz CT molecular complexity index is 1060. The van der Waals surface area contributed by atoms with Gasteiger partial charge in [-0.1, -0.05) is 6.07 Å². The number of anilines is 3. The third-order valence-electron chi connectivity index (χ3n) is 4.99. The molecule has 4 rings (SSSR count). The molecule has 0 unspecified atom stereocenters. The second kappa shape index (κ2) is 8.50. The maximum Gasteiger partial charge on any atom is 0.412 e. The molecule has 2 N–H and O–H groups in total. The lowest BCUT2D eigenvalue weighted by Gasteiger charge is -2.33. The first kappa shape index (κ1) is 19.8. The number of pyridine rings is 1. The minimum atomic E-state index is -0.514. The predicted molar refractivity (Wildman–Crippen MR) is 117 cm³/mol. The number of hydrogen-bond acceptors (Lipinski definition) is 8. The molecule has 9 nitrogen and oxygen atoms in total. The molecule has 0 saturated carbocycles. The van der Waals surface area contributed by atoms with Crippen molar-refractivity contribution in [1.82, 2.24) is 25.2 Å². The number of aryl methyl sites for hydroxylation is 1. The maximum absolute atomic E-state index is 11.5. The normalized spacial score (nSPS) is 14.6. The lowest BCUT2D eigenvalue weighted by Crippen LogP contribution is -2.44. The molecule has 9 heteroatoms. The number of carbonyl (C=O) groups excluding carboxylic acids is 1. The molecule has 1 aliphatic rings. The Labute approximate surface area is 175 Å². The molecular weight excluding hydrogens is 382 g/mol. The topological polar surface area (TPSA) is 95.5 Å². The van der Waals surface area contributed by atoms with Gasteiger partial charge in [-0.2, -0.15) is 0 Å². The van der Waals surface area contributed by atoms with Gasteiger partial charge in [-0.25, -0.2) is 19.7 Å². The molecular formula is C21H25N7O2. The van der Waals surface area contributed by atoms with E-state index in [9.17, 15) is 4.79 Å². The van der Waals surface area contributed by atoms with Gasteiger partial charge in [0.05, 0.1) is 11.9 Å². The number of hydrogen-bond donors (Lipinski definition) is 2. The molecule has 0 spiro atoms. The number of nitrogens with one attached hydrogen (secondary N) is 2. The number of nitrogens with zero attached hydrogens (tertiary/aromatic N) is 5. The van der Waals surface area contributed by atoms with Crippen LogP contribution in [-0.2, 0) is 0 Å². The van der Waals surface area contributed by atoms with E-state index in [1.807, 2.05) is 25.1 Å². The number of aromatic nitrogens is 3. The molecule has 0 radical (unpaired) electrons. The van der Waals surface area contributed by atoms with Gasteiger partial charge in [-0.15, -0.1) is 0 Å². The number of carbonyl (C=O) groups is 1. The summed E-state index contributed by atoms with van der Waals surface area (Å²) in [6.07, 6.45) is 1.29. The van der Waals surface area contributed by atoms with Crippen LogP contribution in [0.5, 0.6) is 5.75 Å². The highest BCUT2D eigenvalue weighted by molar-refractivity contribution is 5.88. The van der Waals surface area contributed by atoms with Crippen LogP contribution >= 0.6 is 0 Å². The molecule has 1 saturated heterocycles. The van der Waals surface area contributed by atoms with Gasteiger partial charge in [-0.05, 0) is 32.2 Å². The van der Waals surface area contributed by atoms with Crippen molar-refractivity contribution in [3.05, 3.63) is 42.2 Å². The third kappa shape index (κ3) is 4.41. The molecule has 0 bridgehead atoms. The SMILES string of the molecule is CNC(=O)Oc1cccc(Nc2cc(C)nc3nc(N4CCN(C)CC4)cnc23)c1. The summed E-state index contributed by atoms with van der Waals surface area (Å²) >= 11 is 0. The lowest BCUT2D eigenvalue weighted by atomic mass is 10.2. The van der Waals surface area contributed by atoms with Crippen molar-refractivity contribution in [2.75, 3.05) is 50.5 Å². The van der Waals surface area contributed by atoms with E-state index >= 15 is 0 Å². The predicted octanol–water partition coefficient (Wildman–Crippen LogP) is 2.55. The lowest BCUT2D eigenvalue weighted by molar-refractivity contribution is 0.203. The Kier molecular flexibility index (Phi) is 5.62. The summed E-state index contributed by atoms with van der Waals surface area (Å²) in [5.41, 5.74) is 3.70. The van der Waals surface area contributed by atoms with Crippen LogP contribution in [0.15, 0.2) is 36.5 Å². The van der Waals surface area contributed by atoms with Crippen LogP contribution in [0.3, 0.4) is 0 Å². The van der Waals surface area contributed by atoms with Crippen LogP contribution in [-0.4, -0.2) is 66.2 Å². The van der Waals surface area contributed by atoms with Crippen molar-refractivity contribution in [1.29, 1.82) is 0 Å². The van der Waals surface area contributed by atoms with Gasteiger partial charge in [0.15, 0.2) is 5.65 Å². The van der Waals surface area contributed by atoms with E-state index in [-0.39, 0.29) is 0 Å². The van der Waals surface area contributed by atoms with Gasteiger partial charge in [0.25, 0.3) is 0 Å². The van der Waals surface area contributed by atoms with Crippen LogP contribution in [0.1, 0.15) is 5.69 Å². The molecule has 2 aromatic heterocycles. The molecule has 30 heavy (non-hydrogen) atoms. The van der Waals surface area contributed by atoms with E-state index in [1.165, 1.54) is 7.05 Å². The molecule has 1 aromatic carbocycles. The fourth-order valence-corrected chi connectivity index (χ4v) is 3.35. The number of likely N-dealkylation sites (N-methyl/N-ethyl adjacent to an activating group) is 1. The molecule has 1 fully saturated rings. The van der Waals surface area contributed by atoms with Crippen LogP contribution < -0.4 is 20.3 Å². The Morgan fingerprint density at radius 2 is 1.93 bits per heavy atom. The fourth-order valence-electron chi connectivity index (χ4n) is 3.35. The van der Waals surface area contributed by atoms with Crippen molar-refractivity contribution < 1.29 is 9.53 Å². The average Bonchev–Trinajstić information content (AvgIpc) is 2.74. The van der Waals surface area contributed by atoms with Crippen LogP contribution in [0.4, 0.5) is 22.0 Å². The number of piperazine rings is 1. The number of ether oxygens (including phenoxy) is 1. The molecule has 3 aromatic rings. The summed E-state index contributed by atoms with van der Waals surface area (Å²) in [5, 5.41) is 5.78. The maximum atomic E-state index is 11.5. The summed E-state index contributed by atoms with van der Waals surface area (Å²) in [5.74, 6) is 1.29. The number of fused-ring (bicyclic) bond motifs is 1. The second-order valence-electron chi connectivity index (χ2n) is 7.29. The molecule has 156 valence electrons. The molecule has 0 aliphatic carbocycles. The molecule has 3 heterocycles. The van der Waals surface area contributed by atoms with Gasteiger partial charge >= 0.3 is 6.09 Å². The molecule has 1 amide bonds. The van der Waals surface area contributed by atoms with Crippen LogP contribution in [0.25, 0.3) is 11.2 Å². The zero-order valence-electron chi connectivity index (χ0n) is 17.3. The van der Waals surface area contributed by atoms with Crippen molar-refractivity contribution in [3.63, 3.8) is 0 Å². The van der Waals surface area contributed by atoms with Crippen LogP contribution in [0.2, 0.25) is 0 Å².